The van der Waals surface area contributed by atoms with Gasteiger partial charge in [0.25, 0.3) is 0 Å². The Bertz CT molecular complexity index is 258. The molecule has 0 saturated carbocycles. The number of nitrogens with zero attached hydrogens (tertiary/aromatic N) is 2. The topological polar surface area (TPSA) is 64.9 Å². The van der Waals surface area contributed by atoms with Crippen LogP contribution in [0.2, 0.25) is 0 Å². The van der Waals surface area contributed by atoms with Gasteiger partial charge in [0, 0.05) is 19.4 Å². The first-order valence-corrected chi connectivity index (χ1v) is 5.62. The van der Waals surface area contributed by atoms with Crippen molar-refractivity contribution >= 4 is 0 Å². The summed E-state index contributed by atoms with van der Waals surface area (Å²) in [5, 5.41) is 7.64. The van der Waals surface area contributed by atoms with Gasteiger partial charge in [0.05, 0.1) is 0 Å². The molecule has 0 aliphatic rings. The predicted molar refractivity (Wildman–Crippen MR) is 61.5 cm³/mol. The summed E-state index contributed by atoms with van der Waals surface area (Å²) >= 11 is 0. The Hall–Kier alpha value is -0.900. The van der Waals surface area contributed by atoms with Crippen LogP contribution in [0.25, 0.3) is 0 Å². The predicted octanol–water partition coefficient (Wildman–Crippen LogP) is 2.32. The van der Waals surface area contributed by atoms with Crippen molar-refractivity contribution in [2.75, 3.05) is 0 Å². The summed E-state index contributed by atoms with van der Waals surface area (Å²) in [6.45, 7) is 10.1. The van der Waals surface area contributed by atoms with E-state index in [0.717, 1.165) is 6.42 Å². The van der Waals surface area contributed by atoms with Gasteiger partial charge in [-0.1, -0.05) is 27.7 Å². The zero-order valence-electron chi connectivity index (χ0n) is 10.4. The lowest BCUT2D eigenvalue weighted by Gasteiger charge is -2.10. The molecule has 15 heavy (non-hydrogen) atoms. The van der Waals surface area contributed by atoms with E-state index in [4.69, 9.17) is 10.2 Å². The van der Waals surface area contributed by atoms with Crippen molar-refractivity contribution in [2.45, 2.75) is 53.5 Å². The molecule has 0 spiro atoms. The molecule has 0 aliphatic heterocycles. The fourth-order valence-corrected chi connectivity index (χ4v) is 1.33. The molecule has 4 heteroatoms. The molecule has 88 valence electrons. The lowest BCUT2D eigenvalue weighted by atomic mass is 10.0. The molecular weight excluding hydrogens is 190 g/mol. The van der Waals surface area contributed by atoms with Crippen LogP contribution in [0.5, 0.6) is 0 Å². The van der Waals surface area contributed by atoms with Gasteiger partial charge in [-0.25, -0.2) is 0 Å². The zero-order chi connectivity index (χ0) is 11.8. The van der Waals surface area contributed by atoms with Gasteiger partial charge in [0.15, 0.2) is 0 Å². The van der Waals surface area contributed by atoms with Crippen molar-refractivity contribution in [3.63, 3.8) is 0 Å². The van der Waals surface area contributed by atoms with E-state index in [-0.39, 0.29) is 6.04 Å². The van der Waals surface area contributed by atoms with Crippen LogP contribution < -0.4 is 5.73 Å². The Balaban J connectivity index is 0.000000921. The Kier molecular flexibility index (Phi) is 6.96. The number of aromatic nitrogens is 2. The van der Waals surface area contributed by atoms with Crippen molar-refractivity contribution in [2.24, 2.45) is 11.7 Å². The van der Waals surface area contributed by atoms with Crippen molar-refractivity contribution in [1.82, 2.24) is 10.2 Å². The number of rotatable bonds is 4. The number of hydrogen-bond donors (Lipinski definition) is 1. The Labute approximate surface area is 92.3 Å². The highest BCUT2D eigenvalue weighted by Gasteiger charge is 2.10. The maximum Gasteiger partial charge on any atom is 0.218 e. The molecule has 0 saturated heterocycles. The van der Waals surface area contributed by atoms with E-state index in [0.29, 0.717) is 24.1 Å². The minimum Gasteiger partial charge on any atom is -0.426 e. The summed E-state index contributed by atoms with van der Waals surface area (Å²) < 4.78 is 5.23. The van der Waals surface area contributed by atoms with E-state index < -0.39 is 0 Å². The minimum atomic E-state index is 0.125. The molecule has 1 heterocycles. The third kappa shape index (κ3) is 6.23. The van der Waals surface area contributed by atoms with Gasteiger partial charge in [-0.15, -0.1) is 10.2 Å². The normalized spacial score (nSPS) is 12.2. The molecule has 0 fully saturated rings. The quantitative estimate of drug-likeness (QED) is 0.833. The van der Waals surface area contributed by atoms with E-state index in [2.05, 4.69) is 24.0 Å². The van der Waals surface area contributed by atoms with Crippen LogP contribution in [0.15, 0.2) is 4.42 Å². The summed E-state index contributed by atoms with van der Waals surface area (Å²) in [4.78, 5) is 0. The van der Waals surface area contributed by atoms with Crippen LogP contribution in [-0.4, -0.2) is 16.2 Å². The van der Waals surface area contributed by atoms with Crippen molar-refractivity contribution in [3.05, 3.63) is 11.8 Å². The van der Waals surface area contributed by atoms with Crippen LogP contribution in [-0.2, 0) is 6.42 Å². The van der Waals surface area contributed by atoms with E-state index in [1.54, 1.807) is 6.92 Å². The van der Waals surface area contributed by atoms with Crippen molar-refractivity contribution in [3.8, 4) is 0 Å². The fraction of sp³-hybridized carbons (Fsp3) is 0.818. The zero-order valence-corrected chi connectivity index (χ0v) is 10.4. The summed E-state index contributed by atoms with van der Waals surface area (Å²) in [5.74, 6) is 1.86. The van der Waals surface area contributed by atoms with Crippen LogP contribution >= 0.6 is 0 Å². The molecular formula is C11H23N3O. The van der Waals surface area contributed by atoms with Crippen LogP contribution in [0.4, 0.5) is 0 Å². The molecule has 0 amide bonds. The molecule has 0 aliphatic carbocycles. The lowest BCUT2D eigenvalue weighted by molar-refractivity contribution is 0.419. The fourth-order valence-electron chi connectivity index (χ4n) is 1.33. The number of nitrogens with two attached hydrogens (primary N) is 1. The third-order valence-electron chi connectivity index (χ3n) is 1.78. The largest absolute Gasteiger partial charge is 0.426 e. The highest BCUT2D eigenvalue weighted by atomic mass is 16.4. The molecule has 0 radical (unpaired) electrons. The lowest BCUT2D eigenvalue weighted by Crippen LogP contribution is -2.24. The Morgan fingerprint density at radius 1 is 1.27 bits per heavy atom. The average molecular weight is 213 g/mol. The molecule has 1 aromatic rings. The summed E-state index contributed by atoms with van der Waals surface area (Å²) in [7, 11) is 0. The maximum absolute atomic E-state index is 5.89. The first-order valence-electron chi connectivity index (χ1n) is 5.62. The van der Waals surface area contributed by atoms with Gasteiger partial charge < -0.3 is 10.2 Å². The van der Waals surface area contributed by atoms with Crippen LogP contribution in [0.1, 0.15) is 45.9 Å². The monoisotopic (exact) mass is 213 g/mol. The maximum atomic E-state index is 5.89. The van der Waals surface area contributed by atoms with E-state index >= 15 is 0 Å². The van der Waals surface area contributed by atoms with Crippen molar-refractivity contribution in [1.29, 1.82) is 0 Å². The Morgan fingerprint density at radius 2 is 1.87 bits per heavy atom. The highest BCUT2D eigenvalue weighted by Crippen LogP contribution is 2.08. The molecule has 1 rings (SSSR count). The third-order valence-corrected chi connectivity index (χ3v) is 1.78. The van der Waals surface area contributed by atoms with Crippen molar-refractivity contribution < 1.29 is 4.42 Å². The number of aryl methyl sites for hydroxylation is 1. The second-order valence-electron chi connectivity index (χ2n) is 3.81. The van der Waals surface area contributed by atoms with E-state index in [1.807, 2.05) is 13.8 Å². The summed E-state index contributed by atoms with van der Waals surface area (Å²) in [5.41, 5.74) is 5.89. The molecule has 1 aromatic heterocycles. The smallest absolute Gasteiger partial charge is 0.218 e. The molecule has 4 nitrogen and oxygen atoms in total. The summed E-state index contributed by atoms with van der Waals surface area (Å²) in [6, 6.07) is 0.125. The van der Waals surface area contributed by atoms with Gasteiger partial charge in [0.1, 0.15) is 0 Å². The van der Waals surface area contributed by atoms with E-state index in [1.165, 1.54) is 0 Å². The second-order valence-corrected chi connectivity index (χ2v) is 3.81. The van der Waals surface area contributed by atoms with Crippen LogP contribution in [0.3, 0.4) is 0 Å². The standard InChI is InChI=1S/C9H17N3O.C2H6/c1-6(2)4-8(10)5-9-12-11-7(3)13-9;1-2/h6,8H,4-5,10H2,1-3H3;1-2H3. The minimum absolute atomic E-state index is 0.125. The average Bonchev–Trinajstić information content (AvgIpc) is 2.53. The van der Waals surface area contributed by atoms with Gasteiger partial charge in [-0.2, -0.15) is 0 Å². The highest BCUT2D eigenvalue weighted by molar-refractivity contribution is 4.83. The molecule has 0 bridgehead atoms. The van der Waals surface area contributed by atoms with Gasteiger partial charge >= 0.3 is 0 Å². The molecule has 0 aromatic carbocycles. The first kappa shape index (κ1) is 14.1. The van der Waals surface area contributed by atoms with Gasteiger partial charge in [-0.3, -0.25) is 0 Å². The van der Waals surface area contributed by atoms with Gasteiger partial charge in [-0.05, 0) is 12.3 Å². The first-order chi connectivity index (χ1) is 7.08. The molecule has 1 unspecified atom stereocenters. The second kappa shape index (κ2) is 7.40. The molecule has 2 N–H and O–H groups in total. The van der Waals surface area contributed by atoms with Crippen LogP contribution in [0, 0.1) is 12.8 Å². The van der Waals surface area contributed by atoms with Gasteiger partial charge in [0.2, 0.25) is 11.8 Å². The number of hydrogen-bond acceptors (Lipinski definition) is 4. The molecule has 1 atom stereocenters. The summed E-state index contributed by atoms with van der Waals surface area (Å²) in [6.07, 6.45) is 1.67. The Morgan fingerprint density at radius 3 is 2.27 bits per heavy atom. The van der Waals surface area contributed by atoms with E-state index in [9.17, 15) is 0 Å². The SMILES string of the molecule is CC.Cc1nnc(CC(N)CC(C)C)o1.